The first-order valence-electron chi connectivity index (χ1n) is 7.53. The molecule has 4 heteroatoms. The molecule has 0 saturated heterocycles. The first-order valence-corrected chi connectivity index (χ1v) is 7.53. The van der Waals surface area contributed by atoms with Crippen LogP contribution in [0.5, 0.6) is 5.75 Å². The topological polar surface area (TPSA) is 52.6 Å². The summed E-state index contributed by atoms with van der Waals surface area (Å²) in [7, 11) is 1.53. The van der Waals surface area contributed by atoms with Gasteiger partial charge in [0, 0.05) is 11.1 Å². The van der Waals surface area contributed by atoms with Gasteiger partial charge in [0.05, 0.1) is 24.8 Å². The van der Waals surface area contributed by atoms with Gasteiger partial charge >= 0.3 is 5.97 Å². The molecule has 2 aromatic carbocycles. The highest BCUT2D eigenvalue weighted by Crippen LogP contribution is 2.20. The summed E-state index contributed by atoms with van der Waals surface area (Å²) in [6, 6.07) is 12.1. The number of ketones is 1. The van der Waals surface area contributed by atoms with Crippen LogP contribution in [-0.4, -0.2) is 25.5 Å². The Kier molecular flexibility index (Phi) is 5.75. The van der Waals surface area contributed by atoms with Gasteiger partial charge in [-0.3, -0.25) is 4.79 Å². The Morgan fingerprint density at radius 1 is 1.00 bits per heavy atom. The first kappa shape index (κ1) is 17.3. The lowest BCUT2D eigenvalue weighted by molar-refractivity contribution is 0.0526. The molecule has 0 aromatic heterocycles. The number of esters is 1. The normalized spacial score (nSPS) is 9.62. The van der Waals surface area contributed by atoms with Gasteiger partial charge < -0.3 is 9.47 Å². The lowest BCUT2D eigenvalue weighted by Gasteiger charge is -2.05. The van der Waals surface area contributed by atoms with E-state index in [4.69, 9.17) is 9.47 Å². The smallest absolute Gasteiger partial charge is 0.338 e. The van der Waals surface area contributed by atoms with Gasteiger partial charge in [-0.25, -0.2) is 4.79 Å². The van der Waals surface area contributed by atoms with Crippen LogP contribution in [-0.2, 0) is 4.74 Å². The van der Waals surface area contributed by atoms with E-state index in [1.165, 1.54) is 14.0 Å². The highest BCUT2D eigenvalue weighted by atomic mass is 16.5. The number of hydrogen-bond donors (Lipinski definition) is 0. The zero-order valence-electron chi connectivity index (χ0n) is 13.9. The summed E-state index contributed by atoms with van der Waals surface area (Å²) in [5.74, 6) is 6.13. The summed E-state index contributed by atoms with van der Waals surface area (Å²) in [6.45, 7) is 3.60. The van der Waals surface area contributed by atoms with Crippen molar-refractivity contribution in [1.29, 1.82) is 0 Å². The molecule has 2 rings (SSSR count). The molecule has 24 heavy (non-hydrogen) atoms. The molecule has 4 nitrogen and oxygen atoms in total. The molecule has 0 saturated carbocycles. The van der Waals surface area contributed by atoms with E-state index in [0.29, 0.717) is 23.5 Å². The van der Waals surface area contributed by atoms with E-state index in [2.05, 4.69) is 11.8 Å². The number of ether oxygens (including phenoxy) is 2. The zero-order valence-corrected chi connectivity index (χ0v) is 13.9. The maximum Gasteiger partial charge on any atom is 0.338 e. The molecule has 0 N–H and O–H groups in total. The quantitative estimate of drug-likeness (QED) is 0.491. The van der Waals surface area contributed by atoms with E-state index in [0.717, 1.165) is 11.1 Å². The van der Waals surface area contributed by atoms with Crippen molar-refractivity contribution in [2.75, 3.05) is 13.7 Å². The third-order valence-corrected chi connectivity index (χ3v) is 3.33. The van der Waals surface area contributed by atoms with E-state index in [1.54, 1.807) is 49.4 Å². The van der Waals surface area contributed by atoms with Crippen molar-refractivity contribution >= 4 is 11.8 Å². The summed E-state index contributed by atoms with van der Waals surface area (Å²) >= 11 is 0. The van der Waals surface area contributed by atoms with Gasteiger partial charge in [-0.1, -0.05) is 11.8 Å². The van der Waals surface area contributed by atoms with Crippen molar-refractivity contribution in [1.82, 2.24) is 0 Å². The predicted octanol–water partition coefficient (Wildman–Crippen LogP) is 3.47. The maximum atomic E-state index is 11.6. The van der Waals surface area contributed by atoms with Crippen LogP contribution in [0.15, 0.2) is 42.5 Å². The van der Waals surface area contributed by atoms with E-state index in [-0.39, 0.29) is 11.8 Å². The molecule has 0 heterocycles. The molecular weight excluding hydrogens is 304 g/mol. The summed E-state index contributed by atoms with van der Waals surface area (Å²) in [5, 5.41) is 0. The van der Waals surface area contributed by atoms with Crippen LogP contribution in [0.25, 0.3) is 0 Å². The third kappa shape index (κ3) is 4.23. The summed E-state index contributed by atoms with van der Waals surface area (Å²) in [5.41, 5.74) is 2.48. The zero-order chi connectivity index (χ0) is 17.5. The third-order valence-electron chi connectivity index (χ3n) is 3.33. The van der Waals surface area contributed by atoms with Gasteiger partial charge in [-0.05, 0) is 56.3 Å². The molecule has 0 aliphatic carbocycles. The minimum atomic E-state index is -0.349. The average Bonchev–Trinajstić information content (AvgIpc) is 2.60. The molecule has 0 aliphatic heterocycles. The van der Waals surface area contributed by atoms with Gasteiger partial charge in [-0.15, -0.1) is 0 Å². The van der Waals surface area contributed by atoms with Crippen molar-refractivity contribution in [3.63, 3.8) is 0 Å². The molecule has 0 spiro atoms. The standard InChI is InChI=1S/C20H18O4/c1-4-24-20(22)17-10-7-15(8-11-17)5-6-16-9-12-19(23-3)18(13-16)14(2)21/h7-13H,4H2,1-3H3. The Morgan fingerprint density at radius 3 is 2.21 bits per heavy atom. The van der Waals surface area contributed by atoms with E-state index in [9.17, 15) is 9.59 Å². The van der Waals surface area contributed by atoms with Crippen LogP contribution < -0.4 is 4.74 Å². The number of rotatable bonds is 4. The second-order valence-corrected chi connectivity index (χ2v) is 5.02. The van der Waals surface area contributed by atoms with E-state index >= 15 is 0 Å². The Labute approximate surface area is 141 Å². The molecule has 2 aromatic rings. The van der Waals surface area contributed by atoms with Crippen LogP contribution in [0.1, 0.15) is 45.7 Å². The Balaban J connectivity index is 2.22. The molecule has 0 fully saturated rings. The predicted molar refractivity (Wildman–Crippen MR) is 91.4 cm³/mol. The largest absolute Gasteiger partial charge is 0.496 e. The van der Waals surface area contributed by atoms with Crippen molar-refractivity contribution in [3.05, 3.63) is 64.7 Å². The molecule has 0 radical (unpaired) electrons. The van der Waals surface area contributed by atoms with Crippen LogP contribution in [0.2, 0.25) is 0 Å². The first-order chi connectivity index (χ1) is 11.5. The molecule has 122 valence electrons. The number of carbonyl (C=O) groups excluding carboxylic acids is 2. The van der Waals surface area contributed by atoms with Crippen LogP contribution >= 0.6 is 0 Å². The molecule has 0 atom stereocenters. The minimum absolute atomic E-state index is 0.0747. The Bertz CT molecular complexity index is 808. The van der Waals surface area contributed by atoms with Crippen LogP contribution in [0.3, 0.4) is 0 Å². The monoisotopic (exact) mass is 322 g/mol. The number of carbonyl (C=O) groups is 2. The molecule has 0 unspecified atom stereocenters. The maximum absolute atomic E-state index is 11.6. The molecule has 0 aliphatic rings. The summed E-state index contributed by atoms with van der Waals surface area (Å²) < 4.78 is 10.1. The van der Waals surface area contributed by atoms with Crippen LogP contribution in [0, 0.1) is 11.8 Å². The SMILES string of the molecule is CCOC(=O)c1ccc(C#Cc2ccc(OC)c(C(C)=O)c2)cc1. The Hall–Kier alpha value is -3.06. The Morgan fingerprint density at radius 2 is 1.62 bits per heavy atom. The number of Topliss-reactive ketones (excluding diaryl/α,β-unsaturated/α-hetero) is 1. The van der Waals surface area contributed by atoms with E-state index in [1.807, 2.05) is 0 Å². The van der Waals surface area contributed by atoms with Gasteiger partial charge in [0.1, 0.15) is 5.75 Å². The van der Waals surface area contributed by atoms with Crippen molar-refractivity contribution in [2.24, 2.45) is 0 Å². The van der Waals surface area contributed by atoms with Gasteiger partial charge in [0.2, 0.25) is 0 Å². The number of benzene rings is 2. The van der Waals surface area contributed by atoms with E-state index < -0.39 is 0 Å². The highest BCUT2D eigenvalue weighted by molar-refractivity contribution is 5.97. The average molecular weight is 322 g/mol. The van der Waals surface area contributed by atoms with Gasteiger partial charge in [0.15, 0.2) is 5.78 Å². The van der Waals surface area contributed by atoms with Gasteiger partial charge in [-0.2, -0.15) is 0 Å². The lowest BCUT2D eigenvalue weighted by atomic mass is 10.1. The summed E-state index contributed by atoms with van der Waals surface area (Å²) in [4.78, 5) is 23.2. The molecule has 0 amide bonds. The second-order valence-electron chi connectivity index (χ2n) is 5.02. The number of hydrogen-bond acceptors (Lipinski definition) is 4. The fourth-order valence-electron chi connectivity index (χ4n) is 2.11. The molecular formula is C20H18O4. The van der Waals surface area contributed by atoms with Crippen molar-refractivity contribution < 1.29 is 19.1 Å². The molecule has 0 bridgehead atoms. The summed E-state index contributed by atoms with van der Waals surface area (Å²) in [6.07, 6.45) is 0. The highest BCUT2D eigenvalue weighted by Gasteiger charge is 2.08. The van der Waals surface area contributed by atoms with Crippen molar-refractivity contribution in [2.45, 2.75) is 13.8 Å². The second kappa shape index (κ2) is 7.98. The number of methoxy groups -OCH3 is 1. The minimum Gasteiger partial charge on any atom is -0.496 e. The fourth-order valence-corrected chi connectivity index (χ4v) is 2.11. The van der Waals surface area contributed by atoms with Crippen molar-refractivity contribution in [3.8, 4) is 17.6 Å². The van der Waals surface area contributed by atoms with Crippen LogP contribution in [0.4, 0.5) is 0 Å². The van der Waals surface area contributed by atoms with Gasteiger partial charge in [0.25, 0.3) is 0 Å². The fraction of sp³-hybridized carbons (Fsp3) is 0.200. The lowest BCUT2D eigenvalue weighted by Crippen LogP contribution is -2.04.